The standard InChI is InChI=1S/C14H14N2O2S/c1-8-14(15-9(2)19-8)10-4-5-12-11(6-10)16(3)13(17)7-18-12/h4-6H,7H2,1-3H3. The second-order valence-electron chi connectivity index (χ2n) is 4.56. The van der Waals surface area contributed by atoms with Gasteiger partial charge in [-0.2, -0.15) is 0 Å². The number of hydrogen-bond donors (Lipinski definition) is 0. The number of hydrogen-bond acceptors (Lipinski definition) is 4. The summed E-state index contributed by atoms with van der Waals surface area (Å²) in [6.07, 6.45) is 0. The fourth-order valence-electron chi connectivity index (χ4n) is 2.22. The molecule has 5 heteroatoms. The number of likely N-dealkylation sites (N-methyl/N-ethyl adjacent to an activating group) is 1. The van der Waals surface area contributed by atoms with E-state index in [2.05, 4.69) is 11.9 Å². The van der Waals surface area contributed by atoms with Gasteiger partial charge in [0.05, 0.1) is 16.4 Å². The van der Waals surface area contributed by atoms with Crippen LogP contribution in [-0.4, -0.2) is 24.5 Å². The Morgan fingerprint density at radius 3 is 2.84 bits per heavy atom. The lowest BCUT2D eigenvalue weighted by Crippen LogP contribution is -2.35. The molecule has 3 rings (SSSR count). The number of rotatable bonds is 1. The smallest absolute Gasteiger partial charge is 0.264 e. The molecule has 4 nitrogen and oxygen atoms in total. The van der Waals surface area contributed by atoms with Crippen molar-refractivity contribution in [2.45, 2.75) is 13.8 Å². The van der Waals surface area contributed by atoms with Gasteiger partial charge in [-0.3, -0.25) is 4.79 Å². The van der Waals surface area contributed by atoms with Crippen molar-refractivity contribution >= 4 is 22.9 Å². The summed E-state index contributed by atoms with van der Waals surface area (Å²) in [5, 5.41) is 1.05. The zero-order valence-corrected chi connectivity index (χ0v) is 11.9. The molecule has 1 aromatic heterocycles. The number of aryl methyl sites for hydroxylation is 2. The molecule has 98 valence electrons. The summed E-state index contributed by atoms with van der Waals surface area (Å²) >= 11 is 1.68. The number of ether oxygens (including phenoxy) is 1. The van der Waals surface area contributed by atoms with Crippen LogP contribution < -0.4 is 9.64 Å². The first kappa shape index (κ1) is 12.2. The maximum Gasteiger partial charge on any atom is 0.264 e. The van der Waals surface area contributed by atoms with Gasteiger partial charge in [0.2, 0.25) is 0 Å². The molecule has 1 amide bonds. The molecule has 0 saturated carbocycles. The summed E-state index contributed by atoms with van der Waals surface area (Å²) in [4.78, 5) is 19.0. The summed E-state index contributed by atoms with van der Waals surface area (Å²) in [5.74, 6) is 0.714. The van der Waals surface area contributed by atoms with Crippen molar-refractivity contribution in [3.63, 3.8) is 0 Å². The van der Waals surface area contributed by atoms with Crippen LogP contribution in [0.1, 0.15) is 9.88 Å². The molecule has 1 aliphatic heterocycles. The molecule has 2 heterocycles. The molecule has 0 bridgehead atoms. The lowest BCUT2D eigenvalue weighted by atomic mass is 10.1. The Labute approximate surface area is 115 Å². The molecular weight excluding hydrogens is 260 g/mol. The molecule has 0 saturated heterocycles. The highest BCUT2D eigenvalue weighted by Crippen LogP contribution is 2.36. The van der Waals surface area contributed by atoms with E-state index in [-0.39, 0.29) is 12.5 Å². The van der Waals surface area contributed by atoms with Gasteiger partial charge < -0.3 is 9.64 Å². The summed E-state index contributed by atoms with van der Waals surface area (Å²) in [6.45, 7) is 4.17. The van der Waals surface area contributed by atoms with Crippen molar-refractivity contribution in [1.82, 2.24) is 4.98 Å². The van der Waals surface area contributed by atoms with Crippen molar-refractivity contribution in [2.24, 2.45) is 0 Å². The average molecular weight is 274 g/mol. The Bertz CT molecular complexity index is 663. The summed E-state index contributed by atoms with van der Waals surface area (Å²) < 4.78 is 5.42. The average Bonchev–Trinajstić information content (AvgIpc) is 2.73. The number of carbonyl (C=O) groups is 1. The number of aromatic nitrogens is 1. The number of fused-ring (bicyclic) bond motifs is 1. The van der Waals surface area contributed by atoms with Gasteiger partial charge in [-0.15, -0.1) is 11.3 Å². The topological polar surface area (TPSA) is 42.4 Å². The fourth-order valence-corrected chi connectivity index (χ4v) is 3.06. The molecular formula is C14H14N2O2S. The molecule has 0 spiro atoms. The lowest BCUT2D eigenvalue weighted by Gasteiger charge is -2.26. The van der Waals surface area contributed by atoms with Gasteiger partial charge >= 0.3 is 0 Å². The van der Waals surface area contributed by atoms with E-state index in [1.807, 2.05) is 25.1 Å². The Kier molecular flexibility index (Phi) is 2.78. The van der Waals surface area contributed by atoms with Gasteiger partial charge in [-0.25, -0.2) is 4.98 Å². The normalized spacial score (nSPS) is 14.3. The number of thiazole rings is 1. The second kappa shape index (κ2) is 4.35. The minimum absolute atomic E-state index is 0.0316. The van der Waals surface area contributed by atoms with Crippen molar-refractivity contribution in [1.29, 1.82) is 0 Å². The minimum Gasteiger partial charge on any atom is -0.482 e. The third kappa shape index (κ3) is 2.00. The monoisotopic (exact) mass is 274 g/mol. The molecule has 0 atom stereocenters. The fraction of sp³-hybridized carbons (Fsp3) is 0.286. The van der Waals surface area contributed by atoms with Crippen LogP contribution in [0.15, 0.2) is 18.2 Å². The predicted octanol–water partition coefficient (Wildman–Crippen LogP) is 2.78. The number of amides is 1. The maximum atomic E-state index is 11.7. The molecule has 0 radical (unpaired) electrons. The number of benzene rings is 1. The number of nitrogens with zero attached hydrogens (tertiary/aromatic N) is 2. The van der Waals surface area contributed by atoms with Crippen LogP contribution in [0.3, 0.4) is 0 Å². The van der Waals surface area contributed by atoms with Crippen molar-refractivity contribution < 1.29 is 9.53 Å². The highest BCUT2D eigenvalue weighted by atomic mass is 32.1. The van der Waals surface area contributed by atoms with E-state index in [0.29, 0.717) is 0 Å². The first-order valence-electron chi connectivity index (χ1n) is 6.04. The molecule has 0 aliphatic carbocycles. The molecule has 0 fully saturated rings. The molecule has 0 N–H and O–H groups in total. The largest absolute Gasteiger partial charge is 0.482 e. The van der Waals surface area contributed by atoms with Crippen LogP contribution in [0.25, 0.3) is 11.3 Å². The SMILES string of the molecule is Cc1nc(-c2ccc3c(c2)N(C)C(=O)CO3)c(C)s1. The molecule has 1 aromatic carbocycles. The highest BCUT2D eigenvalue weighted by Gasteiger charge is 2.23. The zero-order valence-electron chi connectivity index (χ0n) is 11.1. The minimum atomic E-state index is -0.0316. The van der Waals surface area contributed by atoms with Crippen molar-refractivity contribution in [3.8, 4) is 17.0 Å². The van der Waals surface area contributed by atoms with Gasteiger partial charge in [-0.05, 0) is 32.0 Å². The van der Waals surface area contributed by atoms with E-state index in [1.165, 1.54) is 4.88 Å². The van der Waals surface area contributed by atoms with Gasteiger partial charge in [0.15, 0.2) is 6.61 Å². The molecule has 2 aromatic rings. The van der Waals surface area contributed by atoms with Gasteiger partial charge in [0, 0.05) is 17.5 Å². The van der Waals surface area contributed by atoms with E-state index in [1.54, 1.807) is 23.3 Å². The predicted molar refractivity (Wildman–Crippen MR) is 75.9 cm³/mol. The van der Waals surface area contributed by atoms with Crippen molar-refractivity contribution in [3.05, 3.63) is 28.1 Å². The van der Waals surface area contributed by atoms with Crippen LogP contribution in [0.4, 0.5) is 5.69 Å². The van der Waals surface area contributed by atoms with Crippen LogP contribution in [0, 0.1) is 13.8 Å². The maximum absolute atomic E-state index is 11.7. The Morgan fingerprint density at radius 1 is 1.37 bits per heavy atom. The van der Waals surface area contributed by atoms with Gasteiger partial charge in [0.25, 0.3) is 5.91 Å². The van der Waals surface area contributed by atoms with Crippen LogP contribution in [-0.2, 0) is 4.79 Å². The number of anilines is 1. The van der Waals surface area contributed by atoms with Crippen LogP contribution in [0.2, 0.25) is 0 Å². The van der Waals surface area contributed by atoms with E-state index in [4.69, 9.17) is 4.74 Å². The Balaban J connectivity index is 2.11. The summed E-state index contributed by atoms with van der Waals surface area (Å²) in [7, 11) is 1.77. The van der Waals surface area contributed by atoms with Gasteiger partial charge in [0.1, 0.15) is 5.75 Å². The Morgan fingerprint density at radius 2 is 2.16 bits per heavy atom. The molecule has 1 aliphatic rings. The van der Waals surface area contributed by atoms with E-state index < -0.39 is 0 Å². The van der Waals surface area contributed by atoms with Crippen LogP contribution >= 0.6 is 11.3 Å². The number of carbonyl (C=O) groups excluding carboxylic acids is 1. The first-order chi connectivity index (χ1) is 9.06. The molecule has 0 unspecified atom stereocenters. The summed E-state index contributed by atoms with van der Waals surface area (Å²) in [5.41, 5.74) is 2.81. The highest BCUT2D eigenvalue weighted by molar-refractivity contribution is 7.11. The lowest BCUT2D eigenvalue weighted by molar-refractivity contribution is -0.120. The van der Waals surface area contributed by atoms with Gasteiger partial charge in [-0.1, -0.05) is 0 Å². The zero-order chi connectivity index (χ0) is 13.6. The third-order valence-corrected chi connectivity index (χ3v) is 4.11. The Hall–Kier alpha value is -1.88. The first-order valence-corrected chi connectivity index (χ1v) is 6.85. The molecule has 19 heavy (non-hydrogen) atoms. The van der Waals surface area contributed by atoms with Crippen molar-refractivity contribution in [2.75, 3.05) is 18.6 Å². The second-order valence-corrected chi connectivity index (χ2v) is 5.97. The van der Waals surface area contributed by atoms with E-state index in [0.717, 1.165) is 27.7 Å². The summed E-state index contributed by atoms with van der Waals surface area (Å²) in [6, 6.07) is 5.86. The van der Waals surface area contributed by atoms with Crippen LogP contribution in [0.5, 0.6) is 5.75 Å². The van der Waals surface area contributed by atoms with E-state index >= 15 is 0 Å². The quantitative estimate of drug-likeness (QED) is 0.803. The third-order valence-electron chi connectivity index (χ3n) is 3.22. The van der Waals surface area contributed by atoms with E-state index in [9.17, 15) is 4.79 Å².